The topological polar surface area (TPSA) is 82.2 Å². The zero-order valence-electron chi connectivity index (χ0n) is 24.9. The van der Waals surface area contributed by atoms with Gasteiger partial charge in [-0.1, -0.05) is 12.1 Å². The van der Waals surface area contributed by atoms with Crippen LogP contribution < -0.4 is 10.1 Å². The normalized spacial score (nSPS) is 25.5. The second kappa shape index (κ2) is 14.4. The molecule has 0 radical (unpaired) electrons. The summed E-state index contributed by atoms with van der Waals surface area (Å²) in [6.07, 6.45) is 5.62. The van der Waals surface area contributed by atoms with Crippen molar-refractivity contribution in [1.29, 1.82) is 0 Å². The molecule has 236 valence electrons. The number of methoxy groups -OCH3 is 1. The van der Waals surface area contributed by atoms with E-state index < -0.39 is 6.36 Å². The van der Waals surface area contributed by atoms with Crippen LogP contribution in [0.25, 0.3) is 0 Å². The lowest BCUT2D eigenvalue weighted by atomic mass is 9.94. The molecule has 0 aliphatic carbocycles. The molecule has 0 saturated carbocycles. The number of ether oxygens (including phenoxy) is 4. The molecule has 3 aliphatic heterocycles. The lowest BCUT2D eigenvalue weighted by molar-refractivity contribution is -0.274. The number of hydrogen-bond acceptors (Lipinski definition) is 7. The Morgan fingerprint density at radius 3 is 2.58 bits per heavy atom. The molecule has 11 heteroatoms. The third-order valence-electron chi connectivity index (χ3n) is 8.96. The average Bonchev–Trinajstić information content (AvgIpc) is 3.01. The second-order valence-electron chi connectivity index (χ2n) is 11.8. The molecule has 1 N–H and O–H groups in total. The molecule has 0 unspecified atom stereocenters. The van der Waals surface area contributed by atoms with Crippen LogP contribution in [0.4, 0.5) is 13.2 Å². The number of amides is 1. The lowest BCUT2D eigenvalue weighted by Gasteiger charge is -2.38. The van der Waals surface area contributed by atoms with Crippen molar-refractivity contribution >= 4 is 5.91 Å². The van der Waals surface area contributed by atoms with Crippen LogP contribution in [0.1, 0.15) is 78.1 Å². The van der Waals surface area contributed by atoms with E-state index in [1.807, 2.05) is 18.0 Å². The zero-order chi connectivity index (χ0) is 30.4. The van der Waals surface area contributed by atoms with Gasteiger partial charge in [0.2, 0.25) is 0 Å². The van der Waals surface area contributed by atoms with E-state index >= 15 is 0 Å². The van der Waals surface area contributed by atoms with Gasteiger partial charge in [-0.2, -0.15) is 0 Å². The Kier molecular flexibility index (Phi) is 10.6. The maximum atomic E-state index is 13.5. The van der Waals surface area contributed by atoms with Crippen LogP contribution in [0, 0.1) is 6.92 Å². The van der Waals surface area contributed by atoms with E-state index in [2.05, 4.69) is 15.0 Å². The molecule has 0 bridgehead atoms. The summed E-state index contributed by atoms with van der Waals surface area (Å²) >= 11 is 0. The quantitative estimate of drug-likeness (QED) is 0.403. The summed E-state index contributed by atoms with van der Waals surface area (Å²) in [7, 11) is 1.72. The van der Waals surface area contributed by atoms with Gasteiger partial charge in [0.15, 0.2) is 0 Å². The van der Waals surface area contributed by atoms with Crippen molar-refractivity contribution in [2.45, 2.75) is 95.0 Å². The molecule has 2 aromatic rings. The number of nitrogens with zero attached hydrogens (tertiary/aromatic N) is 2. The van der Waals surface area contributed by atoms with Gasteiger partial charge in [0, 0.05) is 51.3 Å². The van der Waals surface area contributed by atoms with Crippen molar-refractivity contribution in [3.63, 3.8) is 0 Å². The summed E-state index contributed by atoms with van der Waals surface area (Å²) in [6.45, 7) is 4.73. The Morgan fingerprint density at radius 2 is 1.86 bits per heavy atom. The van der Waals surface area contributed by atoms with Crippen LogP contribution in [0.3, 0.4) is 0 Å². The summed E-state index contributed by atoms with van der Waals surface area (Å²) < 4.78 is 58.9. The van der Waals surface area contributed by atoms with Gasteiger partial charge in [0.1, 0.15) is 5.75 Å². The van der Waals surface area contributed by atoms with Gasteiger partial charge in [-0.05, 0) is 87.1 Å². The van der Waals surface area contributed by atoms with Gasteiger partial charge in [-0.3, -0.25) is 9.78 Å². The van der Waals surface area contributed by atoms with Gasteiger partial charge < -0.3 is 29.2 Å². The monoisotopic (exact) mass is 605 g/mol. The lowest BCUT2D eigenvalue weighted by Crippen LogP contribution is -2.54. The van der Waals surface area contributed by atoms with Crippen LogP contribution in [-0.4, -0.2) is 79.9 Å². The van der Waals surface area contributed by atoms with Gasteiger partial charge in [0.25, 0.3) is 5.91 Å². The van der Waals surface area contributed by atoms with Crippen LogP contribution in [0.5, 0.6) is 5.75 Å². The highest BCUT2D eigenvalue weighted by molar-refractivity contribution is 5.95. The fraction of sp³-hybridized carbons (Fsp3) is 0.625. The highest BCUT2D eigenvalue weighted by atomic mass is 19.4. The number of hydrogen-bond donors (Lipinski definition) is 1. The molecule has 3 fully saturated rings. The number of carbonyl (C=O) groups excluding carboxylic acids is 1. The fourth-order valence-electron chi connectivity index (χ4n) is 6.45. The molecule has 8 nitrogen and oxygen atoms in total. The minimum Gasteiger partial charge on any atom is -0.406 e. The summed E-state index contributed by atoms with van der Waals surface area (Å²) in [5, 5.41) is 3.74. The van der Waals surface area contributed by atoms with Gasteiger partial charge >= 0.3 is 6.36 Å². The van der Waals surface area contributed by atoms with Crippen LogP contribution >= 0.6 is 0 Å². The van der Waals surface area contributed by atoms with E-state index in [0.29, 0.717) is 31.3 Å². The summed E-state index contributed by atoms with van der Waals surface area (Å²) in [5.74, 6) is -0.213. The Bertz CT molecular complexity index is 1200. The van der Waals surface area contributed by atoms with Crippen molar-refractivity contribution < 1.29 is 36.9 Å². The average molecular weight is 606 g/mol. The summed E-state index contributed by atoms with van der Waals surface area (Å²) in [4.78, 5) is 19.9. The van der Waals surface area contributed by atoms with E-state index in [1.165, 1.54) is 12.1 Å². The van der Waals surface area contributed by atoms with Gasteiger partial charge in [-0.25, -0.2) is 0 Å². The number of aryl methyl sites for hydroxylation is 1. The molecule has 1 aromatic carbocycles. The summed E-state index contributed by atoms with van der Waals surface area (Å²) in [5.41, 5.74) is 3.48. The molecule has 5 rings (SSSR count). The minimum absolute atomic E-state index is 0.0172. The number of pyridine rings is 1. The number of likely N-dealkylation sites (tertiary alicyclic amines) is 1. The highest BCUT2D eigenvalue weighted by Crippen LogP contribution is 2.34. The van der Waals surface area contributed by atoms with Crippen molar-refractivity contribution in [2.24, 2.45) is 0 Å². The Balaban J connectivity index is 1.12. The zero-order valence-corrected chi connectivity index (χ0v) is 24.9. The predicted molar refractivity (Wildman–Crippen MR) is 154 cm³/mol. The van der Waals surface area contributed by atoms with Crippen molar-refractivity contribution in [3.8, 4) is 5.75 Å². The van der Waals surface area contributed by atoms with Gasteiger partial charge in [0.05, 0.1) is 30.5 Å². The SMILES string of the molecule is CO[C@@H]1COCC[C@@H]1NC1CCN(C(=O)c2cncc(CC[C@H]3CCC[C@@H](c4ccc(OC(F)(F)F)cc4)O3)c2C)CC1. The first-order valence-corrected chi connectivity index (χ1v) is 15.3. The number of aromatic nitrogens is 1. The first kappa shape index (κ1) is 31.7. The van der Waals surface area contributed by atoms with Crippen molar-refractivity contribution in [1.82, 2.24) is 15.2 Å². The number of nitrogens with one attached hydrogen (secondary N) is 1. The van der Waals surface area contributed by atoms with Crippen LogP contribution in [0.15, 0.2) is 36.7 Å². The number of piperidine rings is 1. The number of benzene rings is 1. The summed E-state index contributed by atoms with van der Waals surface area (Å²) in [6, 6.07) is 6.55. The molecule has 43 heavy (non-hydrogen) atoms. The van der Waals surface area contributed by atoms with Crippen LogP contribution in [-0.2, 0) is 20.6 Å². The molecule has 4 heterocycles. The number of carbonyl (C=O) groups is 1. The number of alkyl halides is 3. The molecule has 3 saturated heterocycles. The molecular formula is C32H42F3N3O5. The first-order valence-electron chi connectivity index (χ1n) is 15.3. The Morgan fingerprint density at radius 1 is 1.09 bits per heavy atom. The molecule has 3 aliphatic rings. The van der Waals surface area contributed by atoms with Gasteiger partial charge in [-0.15, -0.1) is 13.2 Å². The third-order valence-corrected chi connectivity index (χ3v) is 8.96. The third kappa shape index (κ3) is 8.47. The van der Waals surface area contributed by atoms with Crippen molar-refractivity contribution in [2.75, 3.05) is 33.4 Å². The second-order valence-corrected chi connectivity index (χ2v) is 11.8. The van der Waals surface area contributed by atoms with E-state index in [9.17, 15) is 18.0 Å². The number of rotatable bonds is 9. The maximum absolute atomic E-state index is 13.5. The number of halogens is 3. The van der Waals surface area contributed by atoms with Crippen molar-refractivity contribution in [3.05, 3.63) is 58.9 Å². The Labute approximate surface area is 251 Å². The highest BCUT2D eigenvalue weighted by Gasteiger charge is 2.32. The standard InChI is InChI=1S/C32H42F3N3O5/c1-21-23(8-9-25-4-3-5-29(42-25)22-6-10-26(11-7-22)43-32(33,34)35)18-36-19-27(21)31(39)38-15-12-24(13-16-38)37-28-14-17-41-20-30(28)40-2/h6-7,10-11,18-19,24-25,28-30,37H,3-5,8-9,12-17,20H2,1-2H3/t25-,28+,29+,30-/m1/s1. The van der Waals surface area contributed by atoms with E-state index in [1.54, 1.807) is 25.4 Å². The first-order chi connectivity index (χ1) is 20.7. The van der Waals surface area contributed by atoms with Crippen LogP contribution in [0.2, 0.25) is 0 Å². The van der Waals surface area contributed by atoms with E-state index in [0.717, 1.165) is 74.7 Å². The molecular weight excluding hydrogens is 563 g/mol. The smallest absolute Gasteiger partial charge is 0.406 e. The van der Waals surface area contributed by atoms with E-state index in [4.69, 9.17) is 14.2 Å². The molecule has 1 aromatic heterocycles. The Hall–Kier alpha value is -2.73. The molecule has 4 atom stereocenters. The van der Waals surface area contributed by atoms with E-state index in [-0.39, 0.29) is 36.0 Å². The predicted octanol–water partition coefficient (Wildman–Crippen LogP) is 5.53. The molecule has 1 amide bonds. The maximum Gasteiger partial charge on any atom is 0.573 e. The fourth-order valence-corrected chi connectivity index (χ4v) is 6.45. The minimum atomic E-state index is -4.71. The molecule has 0 spiro atoms. The largest absolute Gasteiger partial charge is 0.573 e.